The molecule has 25 heavy (non-hydrogen) atoms. The van der Waals surface area contributed by atoms with Gasteiger partial charge in [0.25, 0.3) is 5.89 Å². The zero-order valence-electron chi connectivity index (χ0n) is 13.5. The average Bonchev–Trinajstić information content (AvgIpc) is 3.27. The number of nitrogens with zero attached hydrogens (tertiary/aromatic N) is 2. The Bertz CT molecular complexity index is 946. The van der Waals surface area contributed by atoms with Crippen LogP contribution in [0.2, 0.25) is 0 Å². The Morgan fingerprint density at radius 3 is 2.68 bits per heavy atom. The molecule has 0 bridgehead atoms. The molecule has 2 N–H and O–H groups in total. The third-order valence-corrected chi connectivity index (χ3v) is 3.55. The second-order valence-electron chi connectivity index (χ2n) is 5.39. The molecule has 0 unspecified atom stereocenters. The van der Waals surface area contributed by atoms with Gasteiger partial charge in [-0.25, -0.2) is 4.79 Å². The second kappa shape index (κ2) is 5.86. The lowest BCUT2D eigenvalue weighted by Gasteiger charge is -2.05. The highest BCUT2D eigenvalue weighted by molar-refractivity contribution is 5.98. The number of aryl methyl sites for hydroxylation is 2. The van der Waals surface area contributed by atoms with Crippen LogP contribution in [0.5, 0.6) is 11.5 Å². The maximum absolute atomic E-state index is 12.1. The van der Waals surface area contributed by atoms with Crippen LogP contribution in [-0.4, -0.2) is 23.0 Å². The fourth-order valence-corrected chi connectivity index (χ4v) is 2.46. The third kappa shape index (κ3) is 2.99. The van der Waals surface area contributed by atoms with Gasteiger partial charge in [0.05, 0.1) is 5.56 Å². The Morgan fingerprint density at radius 2 is 1.88 bits per heavy atom. The zero-order valence-corrected chi connectivity index (χ0v) is 13.5. The minimum absolute atomic E-state index is 0.0218. The summed E-state index contributed by atoms with van der Waals surface area (Å²) in [5.41, 5.74) is 1.23. The lowest BCUT2D eigenvalue weighted by Crippen LogP contribution is -2.19. The largest absolute Gasteiger partial charge is 0.466 e. The molecular formula is C16H14N4O5. The van der Waals surface area contributed by atoms with Crippen LogP contribution in [0.1, 0.15) is 11.5 Å². The molecule has 0 fully saturated rings. The van der Waals surface area contributed by atoms with E-state index >= 15 is 0 Å². The number of fused-ring (bicyclic) bond motifs is 1. The van der Waals surface area contributed by atoms with E-state index in [1.165, 1.54) is 0 Å². The van der Waals surface area contributed by atoms with E-state index in [0.717, 1.165) is 5.76 Å². The van der Waals surface area contributed by atoms with Crippen molar-refractivity contribution in [2.24, 2.45) is 0 Å². The molecule has 0 atom stereocenters. The van der Waals surface area contributed by atoms with E-state index in [1.807, 2.05) is 6.92 Å². The first kappa shape index (κ1) is 15.1. The van der Waals surface area contributed by atoms with Crippen LogP contribution in [-0.2, 0) is 0 Å². The van der Waals surface area contributed by atoms with E-state index in [1.54, 1.807) is 31.2 Å². The van der Waals surface area contributed by atoms with E-state index in [9.17, 15) is 4.79 Å². The van der Waals surface area contributed by atoms with E-state index in [2.05, 4.69) is 20.8 Å². The first-order valence-corrected chi connectivity index (χ1v) is 7.47. The zero-order chi connectivity index (χ0) is 17.4. The SMILES string of the molecule is Cc1cc(-c2nnc(NC(=O)Nc3ccc4c(c3)OCO4)o2)c(C)o1. The van der Waals surface area contributed by atoms with Crippen molar-refractivity contribution < 1.29 is 23.1 Å². The fourth-order valence-electron chi connectivity index (χ4n) is 2.46. The molecule has 0 saturated heterocycles. The monoisotopic (exact) mass is 342 g/mol. The number of ether oxygens (including phenoxy) is 2. The molecule has 0 spiro atoms. The number of amides is 2. The summed E-state index contributed by atoms with van der Waals surface area (Å²) in [6, 6.07) is 6.33. The van der Waals surface area contributed by atoms with Crippen molar-refractivity contribution in [3.63, 3.8) is 0 Å². The number of hydrogen-bond donors (Lipinski definition) is 2. The maximum Gasteiger partial charge on any atom is 0.327 e. The number of hydrogen-bond acceptors (Lipinski definition) is 7. The summed E-state index contributed by atoms with van der Waals surface area (Å²) in [7, 11) is 0. The number of carbonyl (C=O) groups excluding carboxylic acids is 1. The molecule has 9 heteroatoms. The number of furan rings is 1. The van der Waals surface area contributed by atoms with Gasteiger partial charge in [0.15, 0.2) is 11.5 Å². The minimum Gasteiger partial charge on any atom is -0.466 e. The van der Waals surface area contributed by atoms with Crippen LogP contribution in [0.25, 0.3) is 11.5 Å². The lowest BCUT2D eigenvalue weighted by molar-refractivity contribution is 0.174. The Balaban J connectivity index is 1.44. The van der Waals surface area contributed by atoms with E-state index in [4.69, 9.17) is 18.3 Å². The molecule has 0 radical (unpaired) electrons. The molecule has 1 aliphatic rings. The van der Waals surface area contributed by atoms with Crippen LogP contribution in [0, 0.1) is 13.8 Å². The van der Waals surface area contributed by atoms with Crippen LogP contribution in [0.3, 0.4) is 0 Å². The van der Waals surface area contributed by atoms with Crippen molar-refractivity contribution in [3.8, 4) is 23.0 Å². The molecule has 3 aromatic rings. The van der Waals surface area contributed by atoms with Crippen molar-refractivity contribution in [1.29, 1.82) is 0 Å². The highest BCUT2D eigenvalue weighted by Gasteiger charge is 2.17. The summed E-state index contributed by atoms with van der Waals surface area (Å²) in [5, 5.41) is 12.9. The molecule has 0 aliphatic carbocycles. The van der Waals surface area contributed by atoms with Gasteiger partial charge in [-0.2, -0.15) is 0 Å². The molecule has 3 heterocycles. The molecule has 2 amide bonds. The van der Waals surface area contributed by atoms with Crippen molar-refractivity contribution in [1.82, 2.24) is 10.2 Å². The first-order chi connectivity index (χ1) is 12.1. The highest BCUT2D eigenvalue weighted by Crippen LogP contribution is 2.34. The van der Waals surface area contributed by atoms with Gasteiger partial charge in [0.2, 0.25) is 6.79 Å². The van der Waals surface area contributed by atoms with Crippen molar-refractivity contribution >= 4 is 17.7 Å². The Labute approximate surface area is 141 Å². The number of aromatic nitrogens is 2. The van der Waals surface area contributed by atoms with Gasteiger partial charge >= 0.3 is 12.0 Å². The van der Waals surface area contributed by atoms with Crippen molar-refractivity contribution in [3.05, 3.63) is 35.8 Å². The van der Waals surface area contributed by atoms with Gasteiger partial charge in [-0.1, -0.05) is 5.10 Å². The Morgan fingerprint density at radius 1 is 1.04 bits per heavy atom. The Hall–Kier alpha value is -3.49. The van der Waals surface area contributed by atoms with E-state index < -0.39 is 6.03 Å². The topological polar surface area (TPSA) is 112 Å². The van der Waals surface area contributed by atoms with Crippen LogP contribution in [0.15, 0.2) is 33.1 Å². The van der Waals surface area contributed by atoms with Gasteiger partial charge in [-0.05, 0) is 32.0 Å². The molecule has 9 nitrogen and oxygen atoms in total. The van der Waals surface area contributed by atoms with E-state index in [-0.39, 0.29) is 18.7 Å². The van der Waals surface area contributed by atoms with Crippen molar-refractivity contribution in [2.75, 3.05) is 17.4 Å². The summed E-state index contributed by atoms with van der Waals surface area (Å²) >= 11 is 0. The summed E-state index contributed by atoms with van der Waals surface area (Å²) in [4.78, 5) is 12.1. The van der Waals surface area contributed by atoms with Gasteiger partial charge in [0, 0.05) is 11.8 Å². The summed E-state index contributed by atoms with van der Waals surface area (Å²) in [5.74, 6) is 2.88. The third-order valence-electron chi connectivity index (χ3n) is 3.55. The van der Waals surface area contributed by atoms with Gasteiger partial charge < -0.3 is 23.6 Å². The smallest absolute Gasteiger partial charge is 0.327 e. The molecule has 2 aromatic heterocycles. The average molecular weight is 342 g/mol. The number of carbonyl (C=O) groups is 1. The van der Waals surface area contributed by atoms with Crippen molar-refractivity contribution in [2.45, 2.75) is 13.8 Å². The quantitative estimate of drug-likeness (QED) is 0.751. The molecule has 4 rings (SSSR count). The van der Waals surface area contributed by atoms with Crippen LogP contribution < -0.4 is 20.1 Å². The normalized spacial score (nSPS) is 12.2. The standard InChI is InChI=1S/C16H14N4O5/c1-8-5-11(9(2)24-8)14-19-20-16(25-14)18-15(21)17-10-3-4-12-13(6-10)23-7-22-12/h3-6H,7H2,1-2H3,(H2,17,18,20,21). The number of nitrogens with one attached hydrogen (secondary N) is 2. The van der Waals surface area contributed by atoms with Crippen LogP contribution >= 0.6 is 0 Å². The summed E-state index contributed by atoms with van der Waals surface area (Å²) in [6.45, 7) is 3.79. The highest BCUT2D eigenvalue weighted by atomic mass is 16.7. The molecule has 0 saturated carbocycles. The lowest BCUT2D eigenvalue weighted by atomic mass is 10.2. The van der Waals surface area contributed by atoms with E-state index in [0.29, 0.717) is 28.5 Å². The molecule has 1 aromatic carbocycles. The minimum atomic E-state index is -0.519. The fraction of sp³-hybridized carbons (Fsp3) is 0.188. The summed E-state index contributed by atoms with van der Waals surface area (Å²) in [6.07, 6.45) is 0. The number of anilines is 2. The second-order valence-corrected chi connectivity index (χ2v) is 5.39. The van der Waals surface area contributed by atoms with Gasteiger partial charge in [-0.3, -0.25) is 5.32 Å². The number of rotatable bonds is 3. The Kier molecular flexibility index (Phi) is 3.53. The van der Waals surface area contributed by atoms with Crippen LogP contribution in [0.4, 0.5) is 16.5 Å². The molecule has 128 valence electrons. The first-order valence-electron chi connectivity index (χ1n) is 7.47. The summed E-state index contributed by atoms with van der Waals surface area (Å²) < 4.78 is 21.4. The molecular weight excluding hydrogens is 328 g/mol. The predicted molar refractivity (Wildman–Crippen MR) is 86.7 cm³/mol. The number of benzene rings is 1. The van der Waals surface area contributed by atoms with Gasteiger partial charge in [-0.15, -0.1) is 5.10 Å². The molecule has 1 aliphatic heterocycles. The van der Waals surface area contributed by atoms with Gasteiger partial charge in [0.1, 0.15) is 11.5 Å². The number of urea groups is 1. The maximum atomic E-state index is 12.1. The predicted octanol–water partition coefficient (Wildman–Crippen LogP) is 3.32.